The van der Waals surface area contributed by atoms with Gasteiger partial charge < -0.3 is 18.6 Å². The van der Waals surface area contributed by atoms with Crippen LogP contribution >= 0.6 is 11.3 Å². The van der Waals surface area contributed by atoms with Crippen LogP contribution in [0.15, 0.2) is 209 Å². The van der Waals surface area contributed by atoms with Crippen LogP contribution < -0.4 is 9.80 Å². The number of oxazole rings is 1. The smallest absolute Gasteiger partial charge is 0.227 e. The van der Waals surface area contributed by atoms with E-state index in [1.54, 1.807) is 0 Å². The molecule has 0 N–H and O–H groups in total. The molecule has 0 atom stereocenters. The van der Waals surface area contributed by atoms with Crippen molar-refractivity contribution in [3.8, 4) is 11.5 Å². The molecule has 0 saturated heterocycles. The Kier molecular flexibility index (Phi) is 7.64. The molecule has 0 fully saturated rings. The zero-order chi connectivity index (χ0) is 38.9. The lowest BCUT2D eigenvalue weighted by molar-refractivity contribution is 0.620. The van der Waals surface area contributed by atoms with E-state index < -0.39 is 0 Å². The molecule has 0 bridgehead atoms. The summed E-state index contributed by atoms with van der Waals surface area (Å²) in [5.74, 6) is 0.590. The van der Waals surface area contributed by atoms with Crippen molar-refractivity contribution in [2.75, 3.05) is 9.80 Å². The second-order valence-corrected chi connectivity index (χ2v) is 15.8. The van der Waals surface area contributed by atoms with Crippen molar-refractivity contribution in [1.29, 1.82) is 0 Å². The van der Waals surface area contributed by atoms with Crippen LogP contribution in [0.2, 0.25) is 0 Å². The summed E-state index contributed by atoms with van der Waals surface area (Å²) in [6.45, 7) is 0. The number of hydrogen-bond donors (Lipinski definition) is 0. The number of aromatic nitrogens is 1. The molecule has 9 aromatic carbocycles. The van der Waals surface area contributed by atoms with Crippen LogP contribution in [0, 0.1) is 0 Å². The normalized spacial score (nSPS) is 11.7. The number of para-hydroxylation sites is 3. The van der Waals surface area contributed by atoms with Crippen molar-refractivity contribution in [2.24, 2.45) is 0 Å². The number of hydrogen-bond acceptors (Lipinski definition) is 6. The number of thiophene rings is 1. The third kappa shape index (κ3) is 5.49. The zero-order valence-electron chi connectivity index (χ0n) is 31.6. The molecule has 0 aliphatic rings. The van der Waals surface area contributed by atoms with Gasteiger partial charge in [0.2, 0.25) is 5.89 Å². The molecule has 0 amide bonds. The van der Waals surface area contributed by atoms with Crippen molar-refractivity contribution >= 4 is 109 Å². The summed E-state index contributed by atoms with van der Waals surface area (Å²) in [5, 5.41) is 6.69. The monoisotopic (exact) mass is 775 g/mol. The maximum atomic E-state index is 6.53. The fourth-order valence-corrected chi connectivity index (χ4v) is 9.79. The van der Waals surface area contributed by atoms with Crippen molar-refractivity contribution in [2.45, 2.75) is 0 Å². The average Bonchev–Trinajstić information content (AvgIpc) is 4.02. The van der Waals surface area contributed by atoms with E-state index in [2.05, 4.69) is 168 Å². The van der Waals surface area contributed by atoms with Gasteiger partial charge in [0, 0.05) is 65.3 Å². The minimum atomic E-state index is 0.590. The summed E-state index contributed by atoms with van der Waals surface area (Å²) < 4.78 is 15.3. The van der Waals surface area contributed by atoms with Gasteiger partial charge in [-0.15, -0.1) is 11.3 Å². The number of anilines is 6. The molecule has 0 saturated carbocycles. The van der Waals surface area contributed by atoms with Crippen LogP contribution in [0.3, 0.4) is 0 Å². The van der Waals surface area contributed by atoms with Gasteiger partial charge in [-0.05, 0) is 97.1 Å². The van der Waals surface area contributed by atoms with E-state index in [1.165, 1.54) is 20.2 Å². The number of nitrogens with zero attached hydrogens (tertiary/aromatic N) is 3. The highest BCUT2D eigenvalue weighted by Crippen LogP contribution is 2.50. The first kappa shape index (κ1) is 33.5. The van der Waals surface area contributed by atoms with E-state index in [9.17, 15) is 0 Å². The molecule has 12 rings (SSSR count). The Hall–Kier alpha value is -7.67. The predicted molar refractivity (Wildman–Crippen MR) is 246 cm³/mol. The second kappa shape index (κ2) is 13.5. The third-order valence-electron chi connectivity index (χ3n) is 11.2. The van der Waals surface area contributed by atoms with Gasteiger partial charge in [0.25, 0.3) is 0 Å². The Morgan fingerprint density at radius 1 is 0.373 bits per heavy atom. The predicted octanol–water partition coefficient (Wildman–Crippen LogP) is 15.9. The van der Waals surface area contributed by atoms with Gasteiger partial charge in [0.1, 0.15) is 16.7 Å². The first-order valence-corrected chi connectivity index (χ1v) is 20.5. The molecule has 6 heteroatoms. The molecule has 0 aliphatic heterocycles. The Morgan fingerprint density at radius 2 is 1.02 bits per heavy atom. The van der Waals surface area contributed by atoms with Gasteiger partial charge in [0.05, 0.1) is 16.1 Å². The first-order chi connectivity index (χ1) is 29.2. The molecule has 278 valence electrons. The zero-order valence-corrected chi connectivity index (χ0v) is 32.4. The van der Waals surface area contributed by atoms with Gasteiger partial charge >= 0.3 is 0 Å². The maximum Gasteiger partial charge on any atom is 0.227 e. The third-order valence-corrected chi connectivity index (χ3v) is 12.5. The Morgan fingerprint density at radius 3 is 1.83 bits per heavy atom. The highest BCUT2D eigenvalue weighted by Gasteiger charge is 2.25. The van der Waals surface area contributed by atoms with Crippen LogP contribution in [-0.4, -0.2) is 4.98 Å². The number of benzene rings is 9. The average molecular weight is 776 g/mol. The second-order valence-electron chi connectivity index (χ2n) is 14.7. The SMILES string of the molecule is c1ccc(-c2nc3c(ccc4c(N(c5ccccc5)c5cccc6c5sc5ccccc56)cc(N(c5ccccc5)c5ccc6oc7ccccc7c6c5)cc43)o2)cc1. The number of furan rings is 1. The van der Waals surface area contributed by atoms with Crippen LogP contribution in [-0.2, 0) is 0 Å². The first-order valence-electron chi connectivity index (χ1n) is 19.7. The van der Waals surface area contributed by atoms with Crippen molar-refractivity contribution < 1.29 is 8.83 Å². The van der Waals surface area contributed by atoms with Gasteiger partial charge in [-0.25, -0.2) is 4.98 Å². The van der Waals surface area contributed by atoms with Gasteiger partial charge in [-0.2, -0.15) is 0 Å². The Bertz CT molecular complexity index is 3520. The molecule has 0 aliphatic carbocycles. The van der Waals surface area contributed by atoms with Crippen LogP contribution in [0.5, 0.6) is 0 Å². The van der Waals surface area contributed by atoms with Crippen molar-refractivity contribution in [3.05, 3.63) is 200 Å². The lowest BCUT2D eigenvalue weighted by atomic mass is 10.0. The largest absolute Gasteiger partial charge is 0.456 e. The summed E-state index contributed by atoms with van der Waals surface area (Å²) in [7, 11) is 0. The lowest BCUT2D eigenvalue weighted by Crippen LogP contribution is -2.14. The molecule has 3 aromatic heterocycles. The van der Waals surface area contributed by atoms with E-state index in [0.29, 0.717) is 5.89 Å². The van der Waals surface area contributed by atoms with Gasteiger partial charge in [0.15, 0.2) is 5.58 Å². The van der Waals surface area contributed by atoms with Crippen molar-refractivity contribution in [1.82, 2.24) is 4.98 Å². The van der Waals surface area contributed by atoms with Crippen LogP contribution in [0.4, 0.5) is 34.1 Å². The van der Waals surface area contributed by atoms with Gasteiger partial charge in [-0.3, -0.25) is 0 Å². The van der Waals surface area contributed by atoms with Crippen LogP contribution in [0.1, 0.15) is 0 Å². The molecule has 12 aromatic rings. The fourth-order valence-electron chi connectivity index (χ4n) is 8.58. The molecular formula is C53H33N3O2S. The fraction of sp³-hybridized carbons (Fsp3) is 0. The highest BCUT2D eigenvalue weighted by atomic mass is 32.1. The molecule has 3 heterocycles. The van der Waals surface area contributed by atoms with Crippen LogP contribution in [0.25, 0.3) is 75.4 Å². The summed E-state index contributed by atoms with van der Waals surface area (Å²) in [4.78, 5) is 9.99. The molecule has 0 unspecified atom stereocenters. The highest BCUT2D eigenvalue weighted by molar-refractivity contribution is 7.26. The minimum absolute atomic E-state index is 0.590. The van der Waals surface area contributed by atoms with Crippen molar-refractivity contribution in [3.63, 3.8) is 0 Å². The topological polar surface area (TPSA) is 45.7 Å². The molecule has 59 heavy (non-hydrogen) atoms. The maximum absolute atomic E-state index is 6.53. The summed E-state index contributed by atoms with van der Waals surface area (Å²) in [5.41, 5.74) is 10.4. The van der Waals surface area contributed by atoms with E-state index >= 15 is 0 Å². The molecule has 5 nitrogen and oxygen atoms in total. The minimum Gasteiger partial charge on any atom is -0.456 e. The molecular weight excluding hydrogens is 743 g/mol. The van der Waals surface area contributed by atoms with E-state index in [-0.39, 0.29) is 0 Å². The van der Waals surface area contributed by atoms with E-state index in [4.69, 9.17) is 13.8 Å². The molecule has 0 radical (unpaired) electrons. The lowest BCUT2D eigenvalue weighted by Gasteiger charge is -2.31. The van der Waals surface area contributed by atoms with E-state index in [0.717, 1.165) is 83.5 Å². The quantitative estimate of drug-likeness (QED) is 0.161. The summed E-state index contributed by atoms with van der Waals surface area (Å²) in [6, 6.07) is 70.3. The molecule has 0 spiro atoms. The number of rotatable bonds is 7. The summed E-state index contributed by atoms with van der Waals surface area (Å²) in [6.07, 6.45) is 0. The Balaban J connectivity index is 1.18. The number of fused-ring (bicyclic) bond motifs is 9. The Labute approximate surface area is 343 Å². The van der Waals surface area contributed by atoms with E-state index in [1.807, 2.05) is 53.8 Å². The van der Waals surface area contributed by atoms with Gasteiger partial charge in [-0.1, -0.05) is 103 Å². The standard InChI is InChI=1S/C53H33N3O2S/c1-4-15-34(16-5-1)53-54-51-44-32-38(55(35-17-6-2-7-18-35)37-27-29-48-43(31-37)40-21-10-12-25-47(40)57-48)33-46(39(44)28-30-49(51)58-53)56(36-19-8-3-9-20-36)45-24-14-23-42-41-22-11-13-26-50(41)59-52(42)45/h1-33H. The summed E-state index contributed by atoms with van der Waals surface area (Å²) >= 11 is 1.83.